The lowest BCUT2D eigenvalue weighted by molar-refractivity contribution is 0.112. The van der Waals surface area contributed by atoms with E-state index >= 15 is 0 Å². The predicted molar refractivity (Wildman–Crippen MR) is 63.2 cm³/mol. The normalized spacial score (nSPS) is 9.83. The van der Waals surface area contributed by atoms with Crippen molar-refractivity contribution in [1.82, 2.24) is 2.78 Å². The minimum atomic E-state index is -0.102. The quantitative estimate of drug-likeness (QED) is 0.440. The molecule has 0 amide bonds. The van der Waals surface area contributed by atoms with Crippen LogP contribution in [0.3, 0.4) is 0 Å². The standard InChI is InChI=1S/C7H5I2NO2/c8-3-6-5(4-11)1-2-10(9)7(6)12/h1-2,4H,3H2. The third-order valence-corrected chi connectivity index (χ3v) is 2.97. The molecule has 0 atom stereocenters. The van der Waals surface area contributed by atoms with E-state index in [1.807, 2.05) is 22.9 Å². The summed E-state index contributed by atoms with van der Waals surface area (Å²) in [5, 5.41) is 0. The Hall–Kier alpha value is 0.0800. The number of aromatic nitrogens is 1. The van der Waals surface area contributed by atoms with Crippen LogP contribution in [0.25, 0.3) is 0 Å². The first kappa shape index (κ1) is 10.2. The zero-order chi connectivity index (χ0) is 9.14. The summed E-state index contributed by atoms with van der Waals surface area (Å²) in [5.74, 6) is 0. The molecule has 1 heterocycles. The molecule has 0 aromatic carbocycles. The van der Waals surface area contributed by atoms with Crippen molar-refractivity contribution in [2.45, 2.75) is 4.43 Å². The van der Waals surface area contributed by atoms with Gasteiger partial charge < -0.3 is 0 Å². The summed E-state index contributed by atoms with van der Waals surface area (Å²) < 4.78 is 2.01. The fraction of sp³-hybridized carbons (Fsp3) is 0.143. The van der Waals surface area contributed by atoms with Gasteiger partial charge in [-0.2, -0.15) is 0 Å². The van der Waals surface area contributed by atoms with E-state index in [0.717, 1.165) is 0 Å². The second-order valence-electron chi connectivity index (χ2n) is 2.12. The highest BCUT2D eigenvalue weighted by atomic mass is 127. The van der Waals surface area contributed by atoms with Gasteiger partial charge in [0.25, 0.3) is 5.56 Å². The van der Waals surface area contributed by atoms with Crippen molar-refractivity contribution in [3.05, 3.63) is 33.7 Å². The number of pyridine rings is 1. The van der Waals surface area contributed by atoms with Crippen LogP contribution in [-0.4, -0.2) is 9.07 Å². The number of hydrogen-bond acceptors (Lipinski definition) is 2. The Morgan fingerprint density at radius 2 is 2.25 bits per heavy atom. The molecular formula is C7H5I2NO2. The molecular weight excluding hydrogens is 384 g/mol. The Bertz CT molecular complexity index is 359. The molecule has 1 aromatic rings. The smallest absolute Gasteiger partial charge is 0.264 e. The molecule has 0 N–H and O–H groups in total. The summed E-state index contributed by atoms with van der Waals surface area (Å²) in [6.45, 7) is 0. The number of carbonyl (C=O) groups excluding carboxylic acids is 1. The third kappa shape index (κ3) is 1.87. The monoisotopic (exact) mass is 389 g/mol. The molecule has 64 valence electrons. The summed E-state index contributed by atoms with van der Waals surface area (Å²) in [7, 11) is 0. The molecule has 0 radical (unpaired) electrons. The van der Waals surface area contributed by atoms with Crippen LogP contribution in [0.1, 0.15) is 15.9 Å². The lowest BCUT2D eigenvalue weighted by atomic mass is 10.2. The Labute approximate surface area is 96.8 Å². The van der Waals surface area contributed by atoms with Crippen molar-refractivity contribution in [3.8, 4) is 0 Å². The maximum atomic E-state index is 11.4. The van der Waals surface area contributed by atoms with Gasteiger partial charge in [0.1, 0.15) is 0 Å². The molecule has 0 aliphatic heterocycles. The first-order valence-electron chi connectivity index (χ1n) is 3.12. The van der Waals surface area contributed by atoms with Crippen LogP contribution in [0.5, 0.6) is 0 Å². The summed E-state index contributed by atoms with van der Waals surface area (Å²) >= 11 is 3.96. The predicted octanol–water partition coefficient (Wildman–Crippen LogP) is 1.79. The molecule has 0 spiro atoms. The zero-order valence-electron chi connectivity index (χ0n) is 5.96. The second kappa shape index (κ2) is 4.35. The van der Waals surface area contributed by atoms with Gasteiger partial charge in [0.15, 0.2) is 6.29 Å². The highest BCUT2D eigenvalue weighted by Gasteiger charge is 2.06. The molecule has 0 fully saturated rings. The van der Waals surface area contributed by atoms with Crippen LogP contribution in [0.4, 0.5) is 0 Å². The van der Waals surface area contributed by atoms with Crippen molar-refractivity contribution < 1.29 is 4.79 Å². The van der Waals surface area contributed by atoms with Crippen LogP contribution >= 0.6 is 45.5 Å². The summed E-state index contributed by atoms with van der Waals surface area (Å²) in [4.78, 5) is 21.9. The maximum Gasteiger partial charge on any atom is 0.264 e. The van der Waals surface area contributed by atoms with E-state index < -0.39 is 0 Å². The summed E-state index contributed by atoms with van der Waals surface area (Å²) in [5.41, 5.74) is 0.958. The van der Waals surface area contributed by atoms with Gasteiger partial charge in [-0.25, -0.2) is 0 Å². The average molecular weight is 389 g/mol. The molecule has 0 saturated carbocycles. The van der Waals surface area contributed by atoms with E-state index in [0.29, 0.717) is 21.8 Å². The van der Waals surface area contributed by atoms with Gasteiger partial charge in [-0.1, -0.05) is 22.6 Å². The van der Waals surface area contributed by atoms with E-state index in [9.17, 15) is 9.59 Å². The Kier molecular flexibility index (Phi) is 3.69. The fourth-order valence-corrected chi connectivity index (χ4v) is 2.03. The average Bonchev–Trinajstić information content (AvgIpc) is 2.09. The van der Waals surface area contributed by atoms with Gasteiger partial charge in [-0.3, -0.25) is 12.4 Å². The largest absolute Gasteiger partial charge is 0.298 e. The second-order valence-corrected chi connectivity index (χ2v) is 3.92. The molecule has 1 aromatic heterocycles. The number of hydrogen-bond donors (Lipinski definition) is 0. The Morgan fingerprint density at radius 3 is 2.75 bits per heavy atom. The Balaban J connectivity index is 3.46. The van der Waals surface area contributed by atoms with Crippen molar-refractivity contribution in [3.63, 3.8) is 0 Å². The SMILES string of the molecule is O=Cc1ccn(I)c(=O)c1CI. The molecule has 0 aliphatic carbocycles. The van der Waals surface area contributed by atoms with Crippen LogP contribution < -0.4 is 5.56 Å². The Morgan fingerprint density at radius 1 is 1.58 bits per heavy atom. The maximum absolute atomic E-state index is 11.4. The number of nitrogens with zero attached hydrogens (tertiary/aromatic N) is 1. The highest BCUT2D eigenvalue weighted by molar-refractivity contribution is 14.1. The first-order chi connectivity index (χ1) is 5.70. The molecule has 0 unspecified atom stereocenters. The first-order valence-corrected chi connectivity index (χ1v) is 5.61. The van der Waals surface area contributed by atoms with Crippen molar-refractivity contribution in [2.75, 3.05) is 0 Å². The van der Waals surface area contributed by atoms with Gasteiger partial charge in [0.05, 0.1) is 22.9 Å². The van der Waals surface area contributed by atoms with E-state index in [1.54, 1.807) is 12.3 Å². The van der Waals surface area contributed by atoms with E-state index in [1.165, 1.54) is 2.78 Å². The van der Waals surface area contributed by atoms with Gasteiger partial charge in [-0.15, -0.1) is 0 Å². The minimum Gasteiger partial charge on any atom is -0.298 e. The number of halogens is 2. The van der Waals surface area contributed by atoms with Crippen molar-refractivity contribution >= 4 is 51.7 Å². The topological polar surface area (TPSA) is 39.1 Å². The van der Waals surface area contributed by atoms with E-state index in [-0.39, 0.29) is 5.56 Å². The lowest BCUT2D eigenvalue weighted by Crippen LogP contribution is -2.17. The highest BCUT2D eigenvalue weighted by Crippen LogP contribution is 2.06. The van der Waals surface area contributed by atoms with E-state index in [2.05, 4.69) is 22.6 Å². The van der Waals surface area contributed by atoms with Crippen LogP contribution in [0.2, 0.25) is 0 Å². The van der Waals surface area contributed by atoms with Crippen LogP contribution in [0, 0.1) is 0 Å². The molecule has 0 aliphatic rings. The summed E-state index contributed by atoms with van der Waals surface area (Å²) in [6, 6.07) is 1.65. The molecule has 12 heavy (non-hydrogen) atoms. The van der Waals surface area contributed by atoms with Crippen molar-refractivity contribution in [1.29, 1.82) is 0 Å². The molecule has 0 bridgehead atoms. The number of rotatable bonds is 2. The van der Waals surface area contributed by atoms with Crippen molar-refractivity contribution in [2.24, 2.45) is 0 Å². The van der Waals surface area contributed by atoms with Gasteiger partial charge in [0.2, 0.25) is 0 Å². The molecule has 1 rings (SSSR count). The van der Waals surface area contributed by atoms with Gasteiger partial charge in [0, 0.05) is 21.8 Å². The summed E-state index contributed by atoms with van der Waals surface area (Å²) in [6.07, 6.45) is 2.30. The molecule has 0 saturated heterocycles. The van der Waals surface area contributed by atoms with Gasteiger partial charge >= 0.3 is 0 Å². The third-order valence-electron chi connectivity index (χ3n) is 1.45. The van der Waals surface area contributed by atoms with Gasteiger partial charge in [-0.05, 0) is 6.07 Å². The number of alkyl halides is 1. The lowest BCUT2D eigenvalue weighted by Gasteiger charge is -2.00. The van der Waals surface area contributed by atoms with E-state index in [4.69, 9.17) is 0 Å². The van der Waals surface area contributed by atoms with Crippen LogP contribution in [0.15, 0.2) is 17.1 Å². The minimum absolute atomic E-state index is 0.102. The molecule has 3 nitrogen and oxygen atoms in total. The molecule has 5 heteroatoms. The number of carbonyl (C=O) groups is 1. The van der Waals surface area contributed by atoms with Crippen LogP contribution in [-0.2, 0) is 4.43 Å². The fourth-order valence-electron chi connectivity index (χ4n) is 0.811. The number of aldehydes is 1. The zero-order valence-corrected chi connectivity index (χ0v) is 10.3.